The first-order valence-electron chi connectivity index (χ1n) is 6.50. The Morgan fingerprint density at radius 1 is 0.944 bits per heavy atom. The van der Waals surface area contributed by atoms with Gasteiger partial charge in [0.05, 0.1) is 13.2 Å². The Morgan fingerprint density at radius 3 is 1.78 bits per heavy atom. The molecule has 0 aliphatic heterocycles. The Morgan fingerprint density at radius 2 is 1.39 bits per heavy atom. The van der Waals surface area contributed by atoms with E-state index in [1.54, 1.807) is 6.92 Å². The van der Waals surface area contributed by atoms with E-state index in [0.717, 1.165) is 12.8 Å². The monoisotopic (exact) mass is 256 g/mol. The van der Waals surface area contributed by atoms with Crippen LogP contribution in [0.5, 0.6) is 0 Å². The van der Waals surface area contributed by atoms with Gasteiger partial charge in [-0.25, -0.2) is 9.59 Å². The van der Waals surface area contributed by atoms with Crippen molar-refractivity contribution in [2.45, 2.75) is 47.5 Å². The predicted octanol–water partition coefficient (Wildman–Crippen LogP) is 2.87. The van der Waals surface area contributed by atoms with Crippen molar-refractivity contribution in [1.29, 1.82) is 0 Å². The summed E-state index contributed by atoms with van der Waals surface area (Å²) in [5, 5.41) is 0. The van der Waals surface area contributed by atoms with Crippen molar-refractivity contribution >= 4 is 11.9 Å². The van der Waals surface area contributed by atoms with Crippen molar-refractivity contribution in [1.82, 2.24) is 0 Å². The van der Waals surface area contributed by atoms with E-state index in [0.29, 0.717) is 24.4 Å². The van der Waals surface area contributed by atoms with Gasteiger partial charge in [-0.1, -0.05) is 27.7 Å². The van der Waals surface area contributed by atoms with E-state index in [1.165, 1.54) is 0 Å². The van der Waals surface area contributed by atoms with Gasteiger partial charge in [0.1, 0.15) is 0 Å². The molecule has 0 fully saturated rings. The van der Waals surface area contributed by atoms with Crippen LogP contribution in [0.4, 0.5) is 0 Å². The van der Waals surface area contributed by atoms with Crippen molar-refractivity contribution in [2.24, 2.45) is 5.92 Å². The molecule has 0 rings (SSSR count). The van der Waals surface area contributed by atoms with Gasteiger partial charge < -0.3 is 9.47 Å². The summed E-state index contributed by atoms with van der Waals surface area (Å²) >= 11 is 0. The van der Waals surface area contributed by atoms with Crippen molar-refractivity contribution in [3.05, 3.63) is 11.1 Å². The second-order valence-corrected chi connectivity index (χ2v) is 4.47. The van der Waals surface area contributed by atoms with E-state index in [9.17, 15) is 9.59 Å². The highest BCUT2D eigenvalue weighted by atomic mass is 16.5. The molecular formula is C14H24O4. The molecule has 0 aromatic heterocycles. The molecule has 0 atom stereocenters. The Balaban J connectivity index is 4.93. The molecule has 0 unspecified atom stereocenters. The van der Waals surface area contributed by atoms with Gasteiger partial charge in [0.25, 0.3) is 0 Å². The molecule has 0 saturated heterocycles. The van der Waals surface area contributed by atoms with Crippen molar-refractivity contribution in [3.63, 3.8) is 0 Å². The summed E-state index contributed by atoms with van der Waals surface area (Å²) in [7, 11) is 0. The van der Waals surface area contributed by atoms with Crippen LogP contribution in [0.25, 0.3) is 0 Å². The standard InChI is InChI=1S/C14H24O4/c1-6-8-17-13(15)11(5)12(10(3)4)14(16)18-9-7-2/h10H,6-9H2,1-5H3/b12-11-. The SMILES string of the molecule is CCCOC(=O)/C(C)=C(\C(=O)OCCC)C(C)C. The molecule has 0 aromatic rings. The van der Waals surface area contributed by atoms with Gasteiger partial charge in [0.15, 0.2) is 0 Å². The number of carbonyl (C=O) groups excluding carboxylic acids is 2. The summed E-state index contributed by atoms with van der Waals surface area (Å²) in [4.78, 5) is 23.6. The van der Waals surface area contributed by atoms with Crippen LogP contribution in [0, 0.1) is 5.92 Å². The van der Waals surface area contributed by atoms with Gasteiger partial charge in [0.2, 0.25) is 0 Å². The molecule has 0 aliphatic rings. The van der Waals surface area contributed by atoms with E-state index in [4.69, 9.17) is 9.47 Å². The maximum Gasteiger partial charge on any atom is 0.334 e. The summed E-state index contributed by atoms with van der Waals surface area (Å²) in [5.74, 6) is -0.921. The molecule has 0 heterocycles. The van der Waals surface area contributed by atoms with Gasteiger partial charge >= 0.3 is 11.9 Å². The summed E-state index contributed by atoms with van der Waals surface area (Å²) in [5.41, 5.74) is 0.754. The van der Waals surface area contributed by atoms with E-state index in [-0.39, 0.29) is 5.92 Å². The summed E-state index contributed by atoms with van der Waals surface area (Å²) in [6, 6.07) is 0. The molecule has 4 nitrogen and oxygen atoms in total. The third-order valence-electron chi connectivity index (χ3n) is 2.38. The van der Waals surface area contributed by atoms with Gasteiger partial charge in [-0.05, 0) is 25.7 Å². The second kappa shape index (κ2) is 8.72. The number of esters is 2. The van der Waals surface area contributed by atoms with Gasteiger partial charge in [0, 0.05) is 11.1 Å². The average molecular weight is 256 g/mol. The van der Waals surface area contributed by atoms with Crippen LogP contribution in [0.2, 0.25) is 0 Å². The highest BCUT2D eigenvalue weighted by Crippen LogP contribution is 2.18. The largest absolute Gasteiger partial charge is 0.462 e. The fourth-order valence-electron chi connectivity index (χ4n) is 1.51. The Labute approximate surface area is 109 Å². The molecule has 104 valence electrons. The smallest absolute Gasteiger partial charge is 0.334 e. The van der Waals surface area contributed by atoms with Crippen LogP contribution in [0.15, 0.2) is 11.1 Å². The third kappa shape index (κ3) is 5.34. The lowest BCUT2D eigenvalue weighted by atomic mass is 9.98. The number of hydrogen-bond donors (Lipinski definition) is 0. The minimum atomic E-state index is -0.436. The van der Waals surface area contributed by atoms with Crippen LogP contribution in [0.1, 0.15) is 47.5 Å². The molecule has 0 N–H and O–H groups in total. The van der Waals surface area contributed by atoms with E-state index < -0.39 is 11.9 Å². The highest BCUT2D eigenvalue weighted by molar-refractivity contribution is 6.00. The molecule has 18 heavy (non-hydrogen) atoms. The molecule has 0 aliphatic carbocycles. The lowest BCUT2D eigenvalue weighted by Crippen LogP contribution is -2.19. The molecular weight excluding hydrogens is 232 g/mol. The number of hydrogen-bond acceptors (Lipinski definition) is 4. The first kappa shape index (κ1) is 16.7. The Kier molecular flexibility index (Phi) is 8.08. The molecule has 0 radical (unpaired) electrons. The molecule has 0 bridgehead atoms. The fourth-order valence-corrected chi connectivity index (χ4v) is 1.51. The molecule has 4 heteroatoms. The second-order valence-electron chi connectivity index (χ2n) is 4.47. The van der Waals surface area contributed by atoms with E-state index in [2.05, 4.69) is 0 Å². The molecule has 0 saturated carbocycles. The maximum absolute atomic E-state index is 11.9. The van der Waals surface area contributed by atoms with Gasteiger partial charge in [-0.15, -0.1) is 0 Å². The topological polar surface area (TPSA) is 52.6 Å². The zero-order valence-corrected chi connectivity index (χ0v) is 12.0. The number of carbonyl (C=O) groups is 2. The van der Waals surface area contributed by atoms with Crippen molar-refractivity contribution in [2.75, 3.05) is 13.2 Å². The minimum absolute atomic E-state index is 0.0662. The quantitative estimate of drug-likeness (QED) is 0.519. The zero-order valence-electron chi connectivity index (χ0n) is 12.0. The summed E-state index contributed by atoms with van der Waals surface area (Å²) in [6.07, 6.45) is 1.52. The molecule has 0 amide bonds. The van der Waals surface area contributed by atoms with Crippen molar-refractivity contribution in [3.8, 4) is 0 Å². The molecule has 0 spiro atoms. The molecule has 0 aromatic carbocycles. The van der Waals surface area contributed by atoms with Crippen molar-refractivity contribution < 1.29 is 19.1 Å². The number of ether oxygens (including phenoxy) is 2. The number of rotatable bonds is 7. The normalized spacial score (nSPS) is 12.1. The van der Waals surface area contributed by atoms with Crippen LogP contribution >= 0.6 is 0 Å². The summed E-state index contributed by atoms with van der Waals surface area (Å²) < 4.78 is 10.1. The third-order valence-corrected chi connectivity index (χ3v) is 2.38. The maximum atomic E-state index is 11.9. The van der Waals surface area contributed by atoms with Gasteiger partial charge in [-0.3, -0.25) is 0 Å². The van der Waals surface area contributed by atoms with Crippen LogP contribution in [-0.2, 0) is 19.1 Å². The lowest BCUT2D eigenvalue weighted by molar-refractivity contribution is -0.142. The summed E-state index contributed by atoms with van der Waals surface area (Å²) in [6.45, 7) is 9.91. The van der Waals surface area contributed by atoms with Crippen LogP contribution in [0.3, 0.4) is 0 Å². The first-order valence-corrected chi connectivity index (χ1v) is 6.50. The van der Waals surface area contributed by atoms with Crippen LogP contribution < -0.4 is 0 Å². The van der Waals surface area contributed by atoms with Gasteiger partial charge in [-0.2, -0.15) is 0 Å². The zero-order chi connectivity index (χ0) is 14.1. The minimum Gasteiger partial charge on any atom is -0.462 e. The lowest BCUT2D eigenvalue weighted by Gasteiger charge is -2.14. The van der Waals surface area contributed by atoms with E-state index >= 15 is 0 Å². The fraction of sp³-hybridized carbons (Fsp3) is 0.714. The Bertz CT molecular complexity index is 316. The Hall–Kier alpha value is -1.32. The van der Waals surface area contributed by atoms with Crippen LogP contribution in [-0.4, -0.2) is 25.2 Å². The van der Waals surface area contributed by atoms with E-state index in [1.807, 2.05) is 27.7 Å². The highest BCUT2D eigenvalue weighted by Gasteiger charge is 2.22. The predicted molar refractivity (Wildman–Crippen MR) is 70.0 cm³/mol. The first-order chi connectivity index (χ1) is 8.45. The average Bonchev–Trinajstić information content (AvgIpc) is 2.32.